The number of benzene rings is 1. The van der Waals surface area contributed by atoms with Gasteiger partial charge in [0.25, 0.3) is 0 Å². The Kier molecular flexibility index (Phi) is 3.00. The second-order valence-electron chi connectivity index (χ2n) is 4.29. The Labute approximate surface area is 101 Å². The van der Waals surface area contributed by atoms with Gasteiger partial charge >= 0.3 is 0 Å². The molecule has 2 rings (SSSR count). The smallest absolute Gasteiger partial charge is 0.0901 e. The quantitative estimate of drug-likeness (QED) is 0.478. The maximum absolute atomic E-state index is 8.65. The minimum Gasteiger partial charge on any atom is -0.411 e. The zero-order valence-corrected chi connectivity index (χ0v) is 10.3. The van der Waals surface area contributed by atoms with Crippen molar-refractivity contribution in [3.05, 3.63) is 52.8 Å². The number of aromatic nitrogens is 1. The molecule has 0 aliphatic heterocycles. The number of rotatable bonds is 2. The third-order valence-corrected chi connectivity index (χ3v) is 2.85. The molecule has 0 aliphatic rings. The van der Waals surface area contributed by atoms with Gasteiger partial charge in [-0.2, -0.15) is 0 Å². The highest BCUT2D eigenvalue weighted by Crippen LogP contribution is 2.22. The van der Waals surface area contributed by atoms with E-state index in [0.29, 0.717) is 0 Å². The van der Waals surface area contributed by atoms with E-state index in [4.69, 9.17) is 5.21 Å². The maximum atomic E-state index is 8.65. The molecule has 0 saturated carbocycles. The molecule has 0 unspecified atom stereocenters. The summed E-state index contributed by atoms with van der Waals surface area (Å²) >= 11 is 0. The first-order valence-corrected chi connectivity index (χ1v) is 5.56. The minimum absolute atomic E-state index is 0.863. The van der Waals surface area contributed by atoms with Crippen molar-refractivity contribution in [2.45, 2.75) is 20.8 Å². The fourth-order valence-corrected chi connectivity index (χ4v) is 2.31. The van der Waals surface area contributed by atoms with Gasteiger partial charge in [0.2, 0.25) is 0 Å². The number of aryl methyl sites for hydroxylation is 3. The van der Waals surface area contributed by atoms with Gasteiger partial charge in [0.1, 0.15) is 0 Å². The summed E-state index contributed by atoms with van der Waals surface area (Å²) in [5.74, 6) is 0. The van der Waals surface area contributed by atoms with Crippen LogP contribution in [0.4, 0.5) is 0 Å². The van der Waals surface area contributed by atoms with Crippen LogP contribution in [0.2, 0.25) is 0 Å². The van der Waals surface area contributed by atoms with Crippen molar-refractivity contribution < 1.29 is 5.21 Å². The maximum Gasteiger partial charge on any atom is 0.0901 e. The molecule has 2 aromatic rings. The van der Waals surface area contributed by atoms with Gasteiger partial charge in [0.05, 0.1) is 17.6 Å². The molecule has 0 saturated heterocycles. The van der Waals surface area contributed by atoms with Gasteiger partial charge in [-0.3, -0.25) is 0 Å². The summed E-state index contributed by atoms with van der Waals surface area (Å²) in [7, 11) is 0. The van der Waals surface area contributed by atoms with E-state index in [1.54, 1.807) is 0 Å². The van der Waals surface area contributed by atoms with E-state index in [1.165, 1.54) is 22.9 Å². The number of nitrogens with zero attached hydrogens (tertiary/aromatic N) is 2. The molecule has 0 radical (unpaired) electrons. The van der Waals surface area contributed by atoms with Crippen LogP contribution in [0.5, 0.6) is 0 Å². The zero-order valence-electron chi connectivity index (χ0n) is 10.3. The summed E-state index contributed by atoms with van der Waals surface area (Å²) in [6.45, 7) is 6.28. The third kappa shape index (κ3) is 2.09. The number of hydrogen-bond donors (Lipinski definition) is 1. The molecule has 0 amide bonds. The highest BCUT2D eigenvalue weighted by atomic mass is 16.4. The predicted molar refractivity (Wildman–Crippen MR) is 69.4 cm³/mol. The number of hydrogen-bond acceptors (Lipinski definition) is 2. The summed E-state index contributed by atoms with van der Waals surface area (Å²) in [5.41, 5.74) is 5.70. The first kappa shape index (κ1) is 11.5. The van der Waals surface area contributed by atoms with Crippen LogP contribution in [0.15, 0.2) is 35.6 Å². The van der Waals surface area contributed by atoms with Crippen molar-refractivity contribution >= 4 is 6.21 Å². The Morgan fingerprint density at radius 1 is 1.18 bits per heavy atom. The van der Waals surface area contributed by atoms with Crippen molar-refractivity contribution in [3.8, 4) is 5.69 Å². The molecule has 1 aromatic heterocycles. The van der Waals surface area contributed by atoms with Gasteiger partial charge in [-0.05, 0) is 44.0 Å². The predicted octanol–water partition coefficient (Wildman–Crippen LogP) is 3.21. The van der Waals surface area contributed by atoms with Crippen LogP contribution in [0.25, 0.3) is 5.69 Å². The van der Waals surface area contributed by atoms with Crippen LogP contribution in [-0.4, -0.2) is 16.0 Å². The third-order valence-electron chi connectivity index (χ3n) is 2.85. The molecule has 0 atom stereocenters. The zero-order chi connectivity index (χ0) is 12.4. The van der Waals surface area contributed by atoms with Gasteiger partial charge in [0, 0.05) is 6.20 Å². The molecular formula is C14H16N2O. The lowest BCUT2D eigenvalue weighted by atomic mass is 10.0. The molecule has 1 N–H and O–H groups in total. The van der Waals surface area contributed by atoms with E-state index in [9.17, 15) is 0 Å². The van der Waals surface area contributed by atoms with Crippen LogP contribution >= 0.6 is 0 Å². The van der Waals surface area contributed by atoms with Crippen molar-refractivity contribution in [2.24, 2.45) is 5.16 Å². The second kappa shape index (κ2) is 4.45. The SMILES string of the molecule is Cc1cc(C)c(-n2cccc2/C=N/O)c(C)c1. The Balaban J connectivity index is 2.64. The highest BCUT2D eigenvalue weighted by Gasteiger charge is 2.08. The van der Waals surface area contributed by atoms with Crippen molar-refractivity contribution in [1.29, 1.82) is 0 Å². The molecule has 3 heteroatoms. The van der Waals surface area contributed by atoms with Crippen LogP contribution in [0.1, 0.15) is 22.4 Å². The Morgan fingerprint density at radius 3 is 2.41 bits per heavy atom. The van der Waals surface area contributed by atoms with E-state index in [2.05, 4.69) is 38.1 Å². The van der Waals surface area contributed by atoms with Crippen molar-refractivity contribution in [2.75, 3.05) is 0 Å². The summed E-state index contributed by atoms with van der Waals surface area (Å²) in [6.07, 6.45) is 3.42. The van der Waals surface area contributed by atoms with E-state index >= 15 is 0 Å². The topological polar surface area (TPSA) is 37.5 Å². The standard InChI is InChI=1S/C14H16N2O/c1-10-7-11(2)14(12(3)8-10)16-6-4-5-13(16)9-15-17/h4-9,17H,1-3H3/b15-9+. The molecule has 0 spiro atoms. The molecule has 17 heavy (non-hydrogen) atoms. The fourth-order valence-electron chi connectivity index (χ4n) is 2.31. The Bertz CT molecular complexity index is 544. The van der Waals surface area contributed by atoms with Crippen LogP contribution < -0.4 is 0 Å². The van der Waals surface area contributed by atoms with E-state index in [1.807, 2.05) is 22.9 Å². The molecule has 1 aromatic carbocycles. The molecule has 0 bridgehead atoms. The summed E-state index contributed by atoms with van der Waals surface area (Å²) in [5, 5.41) is 11.7. The van der Waals surface area contributed by atoms with Crippen molar-refractivity contribution in [3.63, 3.8) is 0 Å². The van der Waals surface area contributed by atoms with E-state index in [0.717, 1.165) is 11.4 Å². The average Bonchev–Trinajstić information content (AvgIpc) is 2.65. The molecule has 0 aliphatic carbocycles. The summed E-state index contributed by atoms with van der Waals surface area (Å²) < 4.78 is 2.03. The van der Waals surface area contributed by atoms with Gasteiger partial charge < -0.3 is 9.77 Å². The lowest BCUT2D eigenvalue weighted by molar-refractivity contribution is 0.321. The minimum atomic E-state index is 0.863. The average molecular weight is 228 g/mol. The second-order valence-corrected chi connectivity index (χ2v) is 4.29. The summed E-state index contributed by atoms with van der Waals surface area (Å²) in [4.78, 5) is 0. The molecule has 88 valence electrons. The van der Waals surface area contributed by atoms with Gasteiger partial charge in [-0.15, -0.1) is 0 Å². The molecule has 0 fully saturated rings. The van der Waals surface area contributed by atoms with Crippen LogP contribution in [-0.2, 0) is 0 Å². The first-order chi connectivity index (χ1) is 8.13. The largest absolute Gasteiger partial charge is 0.411 e. The Morgan fingerprint density at radius 2 is 1.82 bits per heavy atom. The van der Waals surface area contributed by atoms with E-state index in [-0.39, 0.29) is 0 Å². The van der Waals surface area contributed by atoms with Gasteiger partial charge in [0.15, 0.2) is 0 Å². The van der Waals surface area contributed by atoms with Crippen LogP contribution in [0, 0.1) is 20.8 Å². The summed E-state index contributed by atoms with van der Waals surface area (Å²) in [6, 6.07) is 8.17. The molecular weight excluding hydrogens is 212 g/mol. The monoisotopic (exact) mass is 228 g/mol. The van der Waals surface area contributed by atoms with Crippen molar-refractivity contribution in [1.82, 2.24) is 4.57 Å². The fraction of sp³-hybridized carbons (Fsp3) is 0.214. The lowest BCUT2D eigenvalue weighted by Crippen LogP contribution is -2.03. The van der Waals surface area contributed by atoms with Gasteiger partial charge in [-0.1, -0.05) is 22.9 Å². The highest BCUT2D eigenvalue weighted by molar-refractivity contribution is 5.78. The van der Waals surface area contributed by atoms with Gasteiger partial charge in [-0.25, -0.2) is 0 Å². The molecule has 1 heterocycles. The van der Waals surface area contributed by atoms with Crippen LogP contribution in [0.3, 0.4) is 0 Å². The molecule has 3 nitrogen and oxygen atoms in total. The normalized spacial score (nSPS) is 11.2. The lowest BCUT2D eigenvalue weighted by Gasteiger charge is -2.14. The Hall–Kier alpha value is -2.03. The van der Waals surface area contributed by atoms with E-state index < -0.39 is 0 Å². The number of oxime groups is 1. The first-order valence-electron chi connectivity index (χ1n) is 5.56.